The van der Waals surface area contributed by atoms with E-state index in [0.29, 0.717) is 29.4 Å². The molecule has 1 atom stereocenters. The second-order valence-electron chi connectivity index (χ2n) is 5.53. The third-order valence-corrected chi connectivity index (χ3v) is 4.08. The molecule has 2 rings (SSSR count). The maximum absolute atomic E-state index is 12.5. The topological polar surface area (TPSA) is 54.0 Å². The predicted octanol–water partition coefficient (Wildman–Crippen LogP) is 4.06. The Morgan fingerprint density at radius 3 is 2.04 bits per heavy atom. The lowest BCUT2D eigenvalue weighted by molar-refractivity contribution is 0.0476. The number of rotatable bonds is 8. The largest absolute Gasteiger partial charge is 0.493 e. The van der Waals surface area contributed by atoms with Crippen molar-refractivity contribution in [2.45, 2.75) is 19.3 Å². The van der Waals surface area contributed by atoms with Crippen molar-refractivity contribution in [2.75, 3.05) is 27.9 Å². The van der Waals surface area contributed by atoms with Crippen LogP contribution >= 0.6 is 0 Å². The minimum Gasteiger partial charge on any atom is -0.493 e. The van der Waals surface area contributed by atoms with Crippen LogP contribution in [-0.4, -0.2) is 33.9 Å². The molecule has 0 bridgehead atoms. The highest BCUT2D eigenvalue weighted by molar-refractivity contribution is 5.91. The molecule has 0 heterocycles. The maximum Gasteiger partial charge on any atom is 0.338 e. The summed E-state index contributed by atoms with van der Waals surface area (Å²) in [6.45, 7) is 2.39. The lowest BCUT2D eigenvalue weighted by atomic mass is 9.97. The minimum absolute atomic E-state index is 0.159. The number of methoxy groups -OCH3 is 3. The van der Waals surface area contributed by atoms with Gasteiger partial charge in [0.05, 0.1) is 33.5 Å². The molecule has 25 heavy (non-hydrogen) atoms. The van der Waals surface area contributed by atoms with Gasteiger partial charge in [0.25, 0.3) is 0 Å². The lowest BCUT2D eigenvalue weighted by Crippen LogP contribution is -2.13. The first-order valence-electron chi connectivity index (χ1n) is 8.16. The molecule has 0 unspecified atom stereocenters. The van der Waals surface area contributed by atoms with Crippen molar-refractivity contribution in [1.82, 2.24) is 0 Å². The molecule has 0 aliphatic carbocycles. The van der Waals surface area contributed by atoms with Gasteiger partial charge in [-0.2, -0.15) is 0 Å². The number of ether oxygens (including phenoxy) is 4. The van der Waals surface area contributed by atoms with E-state index in [-0.39, 0.29) is 5.92 Å². The summed E-state index contributed by atoms with van der Waals surface area (Å²) in [4.78, 5) is 12.5. The second kappa shape index (κ2) is 8.97. The molecule has 134 valence electrons. The van der Waals surface area contributed by atoms with Gasteiger partial charge in [-0.3, -0.25) is 0 Å². The zero-order valence-electron chi connectivity index (χ0n) is 15.1. The van der Waals surface area contributed by atoms with Crippen molar-refractivity contribution in [1.29, 1.82) is 0 Å². The monoisotopic (exact) mass is 344 g/mol. The zero-order chi connectivity index (χ0) is 18.2. The molecule has 5 nitrogen and oxygen atoms in total. The Kier molecular flexibility index (Phi) is 6.69. The number of hydrogen-bond acceptors (Lipinski definition) is 5. The summed E-state index contributed by atoms with van der Waals surface area (Å²) in [7, 11) is 4.54. The first-order chi connectivity index (χ1) is 12.1. The molecule has 0 spiro atoms. The van der Waals surface area contributed by atoms with E-state index < -0.39 is 5.97 Å². The second-order valence-corrected chi connectivity index (χ2v) is 5.53. The van der Waals surface area contributed by atoms with E-state index in [1.807, 2.05) is 30.3 Å². The fraction of sp³-hybridized carbons (Fsp3) is 0.350. The lowest BCUT2D eigenvalue weighted by Gasteiger charge is -2.17. The molecule has 2 aromatic rings. The van der Waals surface area contributed by atoms with Gasteiger partial charge in [0.2, 0.25) is 5.75 Å². The average Bonchev–Trinajstić information content (AvgIpc) is 2.67. The fourth-order valence-corrected chi connectivity index (χ4v) is 2.63. The molecule has 0 aliphatic rings. The van der Waals surface area contributed by atoms with Gasteiger partial charge < -0.3 is 18.9 Å². The van der Waals surface area contributed by atoms with Gasteiger partial charge in [-0.05, 0) is 24.1 Å². The van der Waals surface area contributed by atoms with E-state index >= 15 is 0 Å². The van der Waals surface area contributed by atoms with Gasteiger partial charge in [-0.15, -0.1) is 0 Å². The Balaban J connectivity index is 2.15. The van der Waals surface area contributed by atoms with Crippen LogP contribution in [0.4, 0.5) is 0 Å². The third-order valence-electron chi connectivity index (χ3n) is 4.08. The third kappa shape index (κ3) is 4.44. The van der Waals surface area contributed by atoms with Gasteiger partial charge in [0.1, 0.15) is 0 Å². The molecule has 0 amide bonds. The standard InChI is InChI=1S/C20H24O5/c1-5-14(15-9-7-6-8-10-15)13-25-20(21)16-11-17(22-2)19(24-4)18(12-16)23-3/h6-12,14H,5,13H2,1-4H3/t14-/m1/s1. The van der Waals surface area contributed by atoms with Crippen molar-refractivity contribution in [3.05, 3.63) is 53.6 Å². The number of carbonyl (C=O) groups is 1. The number of carbonyl (C=O) groups excluding carboxylic acids is 1. The Morgan fingerprint density at radius 1 is 0.960 bits per heavy atom. The van der Waals surface area contributed by atoms with Crippen LogP contribution in [0.2, 0.25) is 0 Å². The fourth-order valence-electron chi connectivity index (χ4n) is 2.63. The van der Waals surface area contributed by atoms with Crippen LogP contribution in [0.5, 0.6) is 17.2 Å². The van der Waals surface area contributed by atoms with Gasteiger partial charge in [-0.1, -0.05) is 37.3 Å². The highest BCUT2D eigenvalue weighted by Gasteiger charge is 2.19. The van der Waals surface area contributed by atoms with Crippen LogP contribution in [0.3, 0.4) is 0 Å². The van der Waals surface area contributed by atoms with Gasteiger partial charge in [-0.25, -0.2) is 4.79 Å². The summed E-state index contributed by atoms with van der Waals surface area (Å²) in [5.74, 6) is 1.02. The summed E-state index contributed by atoms with van der Waals surface area (Å²) in [6, 6.07) is 13.2. The van der Waals surface area contributed by atoms with E-state index in [2.05, 4.69) is 6.92 Å². The van der Waals surface area contributed by atoms with Gasteiger partial charge in [0.15, 0.2) is 11.5 Å². The molecule has 0 radical (unpaired) electrons. The summed E-state index contributed by atoms with van der Waals surface area (Å²) in [5.41, 5.74) is 1.51. The van der Waals surface area contributed by atoms with E-state index in [0.717, 1.165) is 12.0 Å². The highest BCUT2D eigenvalue weighted by Crippen LogP contribution is 2.38. The first-order valence-corrected chi connectivity index (χ1v) is 8.16. The van der Waals surface area contributed by atoms with Crippen LogP contribution in [0.1, 0.15) is 35.2 Å². The Bertz CT molecular complexity index is 671. The average molecular weight is 344 g/mol. The van der Waals surface area contributed by atoms with Crippen molar-refractivity contribution >= 4 is 5.97 Å². The summed E-state index contributed by atoms with van der Waals surface area (Å²) in [5, 5.41) is 0. The molecule has 0 saturated carbocycles. The number of benzene rings is 2. The molecule has 2 aromatic carbocycles. The summed E-state index contributed by atoms with van der Waals surface area (Å²) in [6.07, 6.45) is 0.881. The van der Waals surface area contributed by atoms with E-state index in [9.17, 15) is 4.79 Å². The summed E-state index contributed by atoms with van der Waals surface area (Å²) >= 11 is 0. The Morgan fingerprint density at radius 2 is 1.56 bits per heavy atom. The van der Waals surface area contributed by atoms with E-state index in [1.54, 1.807) is 12.1 Å². The SMILES string of the molecule is CC[C@H](COC(=O)c1cc(OC)c(OC)c(OC)c1)c1ccccc1. The van der Waals surface area contributed by atoms with Crippen LogP contribution in [0.15, 0.2) is 42.5 Å². The molecular weight excluding hydrogens is 320 g/mol. The number of esters is 1. The Hall–Kier alpha value is -2.69. The van der Waals surface area contributed by atoms with Crippen LogP contribution < -0.4 is 14.2 Å². The zero-order valence-corrected chi connectivity index (χ0v) is 15.1. The maximum atomic E-state index is 12.5. The van der Waals surface area contributed by atoms with E-state index in [1.165, 1.54) is 21.3 Å². The van der Waals surface area contributed by atoms with Crippen molar-refractivity contribution in [3.63, 3.8) is 0 Å². The van der Waals surface area contributed by atoms with Crippen LogP contribution in [0, 0.1) is 0 Å². The Labute approximate surface area is 148 Å². The summed E-state index contributed by atoms with van der Waals surface area (Å²) < 4.78 is 21.3. The molecular formula is C20H24O5. The normalized spacial score (nSPS) is 11.5. The molecule has 0 aromatic heterocycles. The van der Waals surface area contributed by atoms with Crippen molar-refractivity contribution in [2.24, 2.45) is 0 Å². The smallest absolute Gasteiger partial charge is 0.338 e. The molecule has 0 fully saturated rings. The van der Waals surface area contributed by atoms with Crippen LogP contribution in [-0.2, 0) is 4.74 Å². The van der Waals surface area contributed by atoms with E-state index in [4.69, 9.17) is 18.9 Å². The minimum atomic E-state index is -0.423. The van der Waals surface area contributed by atoms with Crippen molar-refractivity contribution in [3.8, 4) is 17.2 Å². The number of hydrogen-bond donors (Lipinski definition) is 0. The van der Waals surface area contributed by atoms with Crippen LogP contribution in [0.25, 0.3) is 0 Å². The molecule has 5 heteroatoms. The first kappa shape index (κ1) is 18.6. The predicted molar refractivity (Wildman–Crippen MR) is 95.9 cm³/mol. The van der Waals surface area contributed by atoms with Crippen molar-refractivity contribution < 1.29 is 23.7 Å². The molecule has 0 N–H and O–H groups in total. The molecule has 0 saturated heterocycles. The van der Waals surface area contributed by atoms with Gasteiger partial charge >= 0.3 is 5.97 Å². The quantitative estimate of drug-likeness (QED) is 0.676. The van der Waals surface area contributed by atoms with Gasteiger partial charge in [0, 0.05) is 5.92 Å². The molecule has 0 aliphatic heterocycles. The highest BCUT2D eigenvalue weighted by atomic mass is 16.5.